The summed E-state index contributed by atoms with van der Waals surface area (Å²) in [5, 5.41) is 0. The summed E-state index contributed by atoms with van der Waals surface area (Å²) in [6, 6.07) is 11.4. The Hall–Kier alpha value is -2.34. The predicted molar refractivity (Wildman–Crippen MR) is 84.5 cm³/mol. The first-order valence-corrected chi connectivity index (χ1v) is 8.10. The number of hydrogen-bond donors (Lipinski definition) is 1. The van der Waals surface area contributed by atoms with E-state index in [0.29, 0.717) is 11.3 Å². The zero-order chi connectivity index (χ0) is 16.3. The number of aryl methyl sites for hydroxylation is 2. The summed E-state index contributed by atoms with van der Waals surface area (Å²) < 4.78 is 32.1. The van der Waals surface area contributed by atoms with E-state index in [1.165, 1.54) is 13.2 Å². The third kappa shape index (κ3) is 3.46. The molecular formula is C16H17NO4S. The molecule has 2 aromatic carbocycles. The SMILES string of the molecule is COC(=O)c1cccc(NS(=O)(=O)c2cc(C)ccc2C)c1. The first-order valence-electron chi connectivity index (χ1n) is 6.62. The topological polar surface area (TPSA) is 72.5 Å². The molecule has 0 spiro atoms. The zero-order valence-electron chi connectivity index (χ0n) is 12.6. The summed E-state index contributed by atoms with van der Waals surface area (Å²) in [5.74, 6) is -0.521. The molecule has 0 radical (unpaired) electrons. The molecule has 0 atom stereocenters. The fourth-order valence-electron chi connectivity index (χ4n) is 2.03. The number of sulfonamides is 1. The summed E-state index contributed by atoms with van der Waals surface area (Å²) >= 11 is 0. The minimum absolute atomic E-state index is 0.218. The summed E-state index contributed by atoms with van der Waals surface area (Å²) in [6.45, 7) is 3.56. The van der Waals surface area contributed by atoms with Gasteiger partial charge in [0.2, 0.25) is 0 Å². The van der Waals surface area contributed by atoms with Crippen molar-refractivity contribution >= 4 is 21.7 Å². The van der Waals surface area contributed by atoms with E-state index in [-0.39, 0.29) is 10.5 Å². The van der Waals surface area contributed by atoms with E-state index in [2.05, 4.69) is 9.46 Å². The van der Waals surface area contributed by atoms with Crippen molar-refractivity contribution in [3.8, 4) is 0 Å². The second-order valence-electron chi connectivity index (χ2n) is 4.95. The van der Waals surface area contributed by atoms with Crippen LogP contribution in [0.4, 0.5) is 5.69 Å². The molecule has 0 aliphatic carbocycles. The quantitative estimate of drug-likeness (QED) is 0.880. The second kappa shape index (κ2) is 6.19. The Balaban J connectivity index is 2.37. The van der Waals surface area contributed by atoms with Crippen LogP contribution in [0.1, 0.15) is 21.5 Å². The number of carbonyl (C=O) groups is 1. The molecule has 0 unspecified atom stereocenters. The third-order valence-electron chi connectivity index (χ3n) is 3.17. The average molecular weight is 319 g/mol. The van der Waals surface area contributed by atoms with Crippen LogP contribution in [-0.4, -0.2) is 21.5 Å². The molecule has 0 heterocycles. The van der Waals surface area contributed by atoms with E-state index in [1.54, 1.807) is 37.3 Å². The molecule has 2 aromatic rings. The van der Waals surface area contributed by atoms with E-state index in [0.717, 1.165) is 5.56 Å². The van der Waals surface area contributed by atoms with Crippen molar-refractivity contribution in [3.05, 3.63) is 59.2 Å². The second-order valence-corrected chi connectivity index (χ2v) is 6.60. The normalized spacial score (nSPS) is 11.0. The number of nitrogens with one attached hydrogen (secondary N) is 1. The lowest BCUT2D eigenvalue weighted by Crippen LogP contribution is -2.15. The molecule has 2 rings (SSSR count). The van der Waals surface area contributed by atoms with Gasteiger partial charge >= 0.3 is 5.97 Å². The standard InChI is InChI=1S/C16H17NO4S/c1-11-7-8-12(2)15(9-11)22(19,20)17-14-6-4-5-13(10-14)16(18)21-3/h4-10,17H,1-3H3. The van der Waals surface area contributed by atoms with Crippen LogP contribution in [0.5, 0.6) is 0 Å². The van der Waals surface area contributed by atoms with Crippen molar-refractivity contribution in [3.63, 3.8) is 0 Å². The Labute approximate surface area is 130 Å². The van der Waals surface area contributed by atoms with Crippen molar-refractivity contribution in [1.29, 1.82) is 0 Å². The molecule has 1 N–H and O–H groups in total. The molecule has 22 heavy (non-hydrogen) atoms. The summed E-state index contributed by atoms with van der Waals surface area (Å²) in [6.07, 6.45) is 0. The monoisotopic (exact) mass is 319 g/mol. The van der Waals surface area contributed by atoms with Gasteiger partial charge in [-0.25, -0.2) is 13.2 Å². The molecule has 0 aromatic heterocycles. The largest absolute Gasteiger partial charge is 0.465 e. The lowest BCUT2D eigenvalue weighted by molar-refractivity contribution is 0.0601. The van der Waals surface area contributed by atoms with Gasteiger partial charge in [0.25, 0.3) is 10.0 Å². The Morgan fingerprint density at radius 3 is 2.50 bits per heavy atom. The highest BCUT2D eigenvalue weighted by Crippen LogP contribution is 2.21. The van der Waals surface area contributed by atoms with E-state index in [4.69, 9.17) is 0 Å². The van der Waals surface area contributed by atoms with Crippen molar-refractivity contribution in [1.82, 2.24) is 0 Å². The highest BCUT2D eigenvalue weighted by atomic mass is 32.2. The van der Waals surface area contributed by atoms with Crippen LogP contribution in [0.25, 0.3) is 0 Å². The van der Waals surface area contributed by atoms with Gasteiger partial charge in [0.1, 0.15) is 0 Å². The van der Waals surface area contributed by atoms with Crippen molar-refractivity contribution < 1.29 is 17.9 Å². The number of benzene rings is 2. The number of esters is 1. The van der Waals surface area contributed by atoms with Crippen LogP contribution in [0, 0.1) is 13.8 Å². The molecule has 0 saturated carbocycles. The molecule has 0 aliphatic heterocycles. The third-order valence-corrected chi connectivity index (χ3v) is 4.69. The molecule has 0 amide bonds. The minimum atomic E-state index is -3.72. The van der Waals surface area contributed by atoms with Crippen LogP contribution in [0.15, 0.2) is 47.4 Å². The highest BCUT2D eigenvalue weighted by molar-refractivity contribution is 7.92. The fraction of sp³-hybridized carbons (Fsp3) is 0.188. The maximum atomic E-state index is 12.5. The zero-order valence-corrected chi connectivity index (χ0v) is 13.4. The molecule has 0 fully saturated rings. The molecule has 0 aliphatic rings. The minimum Gasteiger partial charge on any atom is -0.465 e. The van der Waals surface area contributed by atoms with Gasteiger partial charge in [-0.3, -0.25) is 4.72 Å². The molecule has 0 bridgehead atoms. The summed E-state index contributed by atoms with van der Waals surface area (Å²) in [5.41, 5.74) is 2.10. The van der Waals surface area contributed by atoms with Crippen molar-refractivity contribution in [2.24, 2.45) is 0 Å². The van der Waals surface area contributed by atoms with E-state index in [9.17, 15) is 13.2 Å². The van der Waals surface area contributed by atoms with Gasteiger partial charge in [0.15, 0.2) is 0 Å². The Morgan fingerprint density at radius 2 is 1.82 bits per heavy atom. The number of carbonyl (C=O) groups excluding carboxylic acids is 1. The van der Waals surface area contributed by atoms with Crippen molar-refractivity contribution in [2.75, 3.05) is 11.8 Å². The Bertz CT molecular complexity index is 813. The number of anilines is 1. The van der Waals surface area contributed by atoms with E-state index in [1.807, 2.05) is 13.0 Å². The smallest absolute Gasteiger partial charge is 0.337 e. The number of ether oxygens (including phenoxy) is 1. The van der Waals surface area contributed by atoms with Gasteiger partial charge in [0, 0.05) is 5.69 Å². The average Bonchev–Trinajstić information content (AvgIpc) is 2.48. The van der Waals surface area contributed by atoms with E-state index >= 15 is 0 Å². The van der Waals surface area contributed by atoms with Gasteiger partial charge in [0.05, 0.1) is 17.6 Å². The van der Waals surface area contributed by atoms with Crippen LogP contribution < -0.4 is 4.72 Å². The number of methoxy groups -OCH3 is 1. The van der Waals surface area contributed by atoms with Crippen LogP contribution >= 0.6 is 0 Å². The lowest BCUT2D eigenvalue weighted by Gasteiger charge is -2.11. The highest BCUT2D eigenvalue weighted by Gasteiger charge is 2.17. The maximum Gasteiger partial charge on any atom is 0.337 e. The summed E-state index contributed by atoms with van der Waals surface area (Å²) in [7, 11) is -2.44. The maximum absolute atomic E-state index is 12.5. The first-order chi connectivity index (χ1) is 10.3. The Morgan fingerprint density at radius 1 is 1.09 bits per heavy atom. The van der Waals surface area contributed by atoms with E-state index < -0.39 is 16.0 Å². The van der Waals surface area contributed by atoms with Crippen molar-refractivity contribution in [2.45, 2.75) is 18.7 Å². The van der Waals surface area contributed by atoms with Gasteiger partial charge in [-0.1, -0.05) is 18.2 Å². The predicted octanol–water partition coefficient (Wildman–Crippen LogP) is 2.89. The number of hydrogen-bond acceptors (Lipinski definition) is 4. The molecule has 6 heteroatoms. The molecule has 5 nitrogen and oxygen atoms in total. The van der Waals surface area contributed by atoms with Gasteiger partial charge in [-0.2, -0.15) is 0 Å². The van der Waals surface area contributed by atoms with Gasteiger partial charge in [-0.05, 0) is 49.2 Å². The summed E-state index contributed by atoms with van der Waals surface area (Å²) in [4.78, 5) is 11.7. The van der Waals surface area contributed by atoms with Crippen LogP contribution in [0.2, 0.25) is 0 Å². The van der Waals surface area contributed by atoms with Crippen LogP contribution in [-0.2, 0) is 14.8 Å². The Kier molecular flexibility index (Phi) is 4.51. The fourth-order valence-corrected chi connectivity index (χ4v) is 3.41. The molecular weight excluding hydrogens is 302 g/mol. The first kappa shape index (κ1) is 16.0. The van der Waals surface area contributed by atoms with Crippen LogP contribution in [0.3, 0.4) is 0 Å². The van der Waals surface area contributed by atoms with Gasteiger partial charge < -0.3 is 4.74 Å². The lowest BCUT2D eigenvalue weighted by atomic mass is 10.2. The molecule has 116 valence electrons. The number of rotatable bonds is 4. The van der Waals surface area contributed by atoms with Gasteiger partial charge in [-0.15, -0.1) is 0 Å². The molecule has 0 saturated heterocycles.